The number of piperazine rings is 1. The molecule has 1 aliphatic heterocycles. The van der Waals surface area contributed by atoms with Crippen LogP contribution in [0.5, 0.6) is 0 Å². The van der Waals surface area contributed by atoms with E-state index in [9.17, 15) is 0 Å². The molecule has 0 spiro atoms. The largest absolute Gasteiger partial charge is 0.378 e. The van der Waals surface area contributed by atoms with Crippen molar-refractivity contribution in [3.8, 4) is 0 Å². The minimum absolute atomic E-state index is 0.490. The maximum absolute atomic E-state index is 5.95. The van der Waals surface area contributed by atoms with Crippen LogP contribution < -0.4 is 4.90 Å². The zero-order valence-corrected chi connectivity index (χ0v) is 17.5. The molecule has 2 fully saturated rings. The third-order valence-corrected chi connectivity index (χ3v) is 6.47. The van der Waals surface area contributed by atoms with Crippen LogP contribution >= 0.6 is 11.8 Å². The van der Waals surface area contributed by atoms with Gasteiger partial charge in [-0.25, -0.2) is 0 Å². The summed E-state index contributed by atoms with van der Waals surface area (Å²) in [4.78, 5) is 7.39. The molecule has 0 amide bonds. The van der Waals surface area contributed by atoms with E-state index in [4.69, 9.17) is 4.74 Å². The van der Waals surface area contributed by atoms with Gasteiger partial charge in [-0.3, -0.25) is 4.90 Å². The molecule has 0 unspecified atom stereocenters. The Labute approximate surface area is 163 Å². The van der Waals surface area contributed by atoms with Gasteiger partial charge in [-0.1, -0.05) is 12.1 Å². The molecular formula is C21H35N3OS. The van der Waals surface area contributed by atoms with Gasteiger partial charge in [-0.15, -0.1) is 0 Å². The van der Waals surface area contributed by atoms with E-state index in [1.54, 1.807) is 0 Å². The van der Waals surface area contributed by atoms with Gasteiger partial charge in [0.15, 0.2) is 0 Å². The highest BCUT2D eigenvalue weighted by molar-refractivity contribution is 7.98. The van der Waals surface area contributed by atoms with Crippen LogP contribution in [0, 0.1) is 0 Å². The van der Waals surface area contributed by atoms with Crippen LogP contribution in [0.4, 0.5) is 5.69 Å². The minimum atomic E-state index is 0.490. The molecular weight excluding hydrogens is 342 g/mol. The summed E-state index contributed by atoms with van der Waals surface area (Å²) in [5.41, 5.74) is 2.78. The summed E-state index contributed by atoms with van der Waals surface area (Å²) in [6, 6.07) is 9.89. The summed E-state index contributed by atoms with van der Waals surface area (Å²) in [6.07, 6.45) is 6.21. The van der Waals surface area contributed by atoms with Crippen LogP contribution in [0.2, 0.25) is 0 Å². The summed E-state index contributed by atoms with van der Waals surface area (Å²) in [7, 11) is 4.46. The first-order valence-electron chi connectivity index (χ1n) is 9.99. The summed E-state index contributed by atoms with van der Waals surface area (Å²) < 4.78 is 5.95. The van der Waals surface area contributed by atoms with E-state index in [-0.39, 0.29) is 0 Å². The smallest absolute Gasteiger partial charge is 0.0605 e. The van der Waals surface area contributed by atoms with E-state index in [1.165, 1.54) is 36.3 Å². The lowest BCUT2D eigenvalue weighted by Crippen LogP contribution is -2.46. The van der Waals surface area contributed by atoms with Crippen LogP contribution in [0.3, 0.4) is 0 Å². The summed E-state index contributed by atoms with van der Waals surface area (Å²) in [6.45, 7) is 6.55. The predicted octanol–water partition coefficient (Wildman–Crippen LogP) is 3.17. The highest BCUT2D eigenvalue weighted by Crippen LogP contribution is 2.29. The van der Waals surface area contributed by atoms with Gasteiger partial charge in [0, 0.05) is 51.1 Å². The molecule has 1 heterocycles. The monoisotopic (exact) mass is 377 g/mol. The van der Waals surface area contributed by atoms with E-state index in [1.807, 2.05) is 11.8 Å². The zero-order valence-electron chi connectivity index (χ0n) is 16.7. The zero-order chi connectivity index (χ0) is 18.4. The van der Waals surface area contributed by atoms with Crippen molar-refractivity contribution < 1.29 is 4.74 Å². The minimum Gasteiger partial charge on any atom is -0.378 e. The second kappa shape index (κ2) is 9.98. The first-order chi connectivity index (χ1) is 12.7. The normalized spacial score (nSPS) is 24.1. The fourth-order valence-electron chi connectivity index (χ4n) is 3.78. The summed E-state index contributed by atoms with van der Waals surface area (Å²) in [5, 5.41) is 0. The first kappa shape index (κ1) is 20.0. The van der Waals surface area contributed by atoms with Gasteiger partial charge in [0.25, 0.3) is 0 Å². The Balaban J connectivity index is 1.38. The third-order valence-electron chi connectivity index (χ3n) is 5.78. The topological polar surface area (TPSA) is 19.0 Å². The Morgan fingerprint density at radius 3 is 2.46 bits per heavy atom. The molecule has 1 aromatic carbocycles. The number of likely N-dealkylation sites (N-methyl/N-ethyl adjacent to an activating group) is 1. The Hall–Kier alpha value is -0.750. The van der Waals surface area contributed by atoms with Gasteiger partial charge in [-0.2, -0.15) is 11.8 Å². The molecule has 0 aromatic heterocycles. The molecule has 4 nitrogen and oxygen atoms in total. The average molecular weight is 378 g/mol. The van der Waals surface area contributed by atoms with Gasteiger partial charge in [0.1, 0.15) is 0 Å². The average Bonchev–Trinajstić information content (AvgIpc) is 2.61. The maximum Gasteiger partial charge on any atom is 0.0605 e. The van der Waals surface area contributed by atoms with Crippen molar-refractivity contribution in [3.63, 3.8) is 0 Å². The van der Waals surface area contributed by atoms with Crippen LogP contribution in [-0.2, 0) is 11.3 Å². The van der Waals surface area contributed by atoms with E-state index >= 15 is 0 Å². The Morgan fingerprint density at radius 2 is 1.81 bits per heavy atom. The summed E-state index contributed by atoms with van der Waals surface area (Å²) in [5.74, 6) is 1.21. The van der Waals surface area contributed by atoms with Crippen molar-refractivity contribution in [2.45, 2.75) is 38.0 Å². The number of ether oxygens (including phenoxy) is 1. The molecule has 1 aromatic rings. The van der Waals surface area contributed by atoms with Crippen molar-refractivity contribution in [2.75, 3.05) is 63.8 Å². The van der Waals surface area contributed by atoms with E-state index < -0.39 is 0 Å². The first-order valence-corrected chi connectivity index (χ1v) is 11.4. The summed E-state index contributed by atoms with van der Waals surface area (Å²) >= 11 is 1.90. The number of nitrogens with zero attached hydrogens (tertiary/aromatic N) is 3. The standard InChI is InChI=1S/C21H35N3OS/c1-22-9-11-24(12-10-22)19-7-5-18(6-8-19)17-23(2)20-15-21(16-20)25-13-4-14-26-3/h5-8,20-21H,4,9-17H2,1-3H3. The van der Waals surface area contributed by atoms with Crippen molar-refractivity contribution >= 4 is 17.4 Å². The van der Waals surface area contributed by atoms with Crippen molar-refractivity contribution in [2.24, 2.45) is 0 Å². The lowest BCUT2D eigenvalue weighted by Gasteiger charge is -2.41. The van der Waals surface area contributed by atoms with Crippen molar-refractivity contribution in [1.82, 2.24) is 9.80 Å². The number of rotatable bonds is 9. The molecule has 1 aliphatic carbocycles. The second-order valence-corrected chi connectivity index (χ2v) is 8.82. The molecule has 26 heavy (non-hydrogen) atoms. The van der Waals surface area contributed by atoms with Crippen LogP contribution in [-0.4, -0.2) is 80.8 Å². The van der Waals surface area contributed by atoms with Gasteiger partial charge in [-0.05, 0) is 63.1 Å². The van der Waals surface area contributed by atoms with E-state index in [0.29, 0.717) is 12.1 Å². The second-order valence-electron chi connectivity index (χ2n) is 7.84. The maximum atomic E-state index is 5.95. The Bertz CT molecular complexity index is 525. The van der Waals surface area contributed by atoms with Gasteiger partial charge in [0.05, 0.1) is 6.10 Å². The number of hydrogen-bond donors (Lipinski definition) is 0. The lowest BCUT2D eigenvalue weighted by molar-refractivity contribution is -0.0463. The molecule has 5 heteroatoms. The highest BCUT2D eigenvalue weighted by atomic mass is 32.2. The molecule has 1 saturated heterocycles. The van der Waals surface area contributed by atoms with Crippen LogP contribution in [0.1, 0.15) is 24.8 Å². The highest BCUT2D eigenvalue weighted by Gasteiger charge is 2.32. The van der Waals surface area contributed by atoms with Gasteiger partial charge in [0.2, 0.25) is 0 Å². The van der Waals surface area contributed by atoms with E-state index in [2.05, 4.69) is 59.3 Å². The predicted molar refractivity (Wildman–Crippen MR) is 113 cm³/mol. The van der Waals surface area contributed by atoms with Gasteiger partial charge < -0.3 is 14.5 Å². The number of thioether (sulfide) groups is 1. The fourth-order valence-corrected chi connectivity index (χ4v) is 4.19. The SMILES string of the molecule is CSCCCOC1CC(N(C)Cc2ccc(N3CCN(C)CC3)cc2)C1. The molecule has 0 bridgehead atoms. The quantitative estimate of drug-likeness (QED) is 0.614. The molecule has 3 rings (SSSR count). The molecule has 0 radical (unpaired) electrons. The Kier molecular flexibility index (Phi) is 7.67. The van der Waals surface area contributed by atoms with E-state index in [0.717, 1.165) is 39.3 Å². The van der Waals surface area contributed by atoms with Gasteiger partial charge >= 0.3 is 0 Å². The van der Waals surface area contributed by atoms with Crippen molar-refractivity contribution in [3.05, 3.63) is 29.8 Å². The number of hydrogen-bond acceptors (Lipinski definition) is 5. The van der Waals surface area contributed by atoms with Crippen LogP contribution in [0.15, 0.2) is 24.3 Å². The van der Waals surface area contributed by atoms with Crippen LogP contribution in [0.25, 0.3) is 0 Å². The molecule has 2 aliphatic rings. The number of anilines is 1. The number of benzene rings is 1. The lowest BCUT2D eigenvalue weighted by atomic mass is 9.88. The third kappa shape index (κ3) is 5.62. The fraction of sp³-hybridized carbons (Fsp3) is 0.714. The molecule has 0 N–H and O–H groups in total. The molecule has 1 saturated carbocycles. The van der Waals surface area contributed by atoms with Crippen molar-refractivity contribution in [1.29, 1.82) is 0 Å². The molecule has 146 valence electrons. The Morgan fingerprint density at radius 1 is 1.12 bits per heavy atom. The molecule has 0 atom stereocenters.